The number of aromatic amines is 1. The molecule has 0 aliphatic heterocycles. The Morgan fingerprint density at radius 1 is 1.00 bits per heavy atom. The van der Waals surface area contributed by atoms with E-state index in [4.69, 9.17) is 11.5 Å². The Balaban J connectivity index is 0.00000760. The second kappa shape index (κ2) is 16.0. The van der Waals surface area contributed by atoms with Crippen LogP contribution in [0.15, 0.2) is 30.5 Å². The van der Waals surface area contributed by atoms with Gasteiger partial charge in [0.25, 0.3) is 0 Å². The van der Waals surface area contributed by atoms with Gasteiger partial charge in [0.2, 0.25) is 23.6 Å². The summed E-state index contributed by atoms with van der Waals surface area (Å²) in [6, 6.07) is 3.02. The van der Waals surface area contributed by atoms with Gasteiger partial charge in [-0.1, -0.05) is 32.0 Å². The van der Waals surface area contributed by atoms with Gasteiger partial charge in [-0.25, -0.2) is 0 Å². The molecule has 39 heavy (non-hydrogen) atoms. The van der Waals surface area contributed by atoms with E-state index in [2.05, 4.69) is 20.9 Å². The van der Waals surface area contributed by atoms with Gasteiger partial charge in [-0.2, -0.15) is 11.8 Å². The molecule has 0 aliphatic carbocycles. The Bertz CT molecular complexity index is 1160. The van der Waals surface area contributed by atoms with Crippen molar-refractivity contribution < 1.29 is 29.1 Å². The molecule has 2 rings (SSSR count). The van der Waals surface area contributed by atoms with Gasteiger partial charge in [0.1, 0.15) is 18.1 Å². The maximum atomic E-state index is 13.1. The molecule has 1 aromatic carbocycles. The molecule has 0 fully saturated rings. The van der Waals surface area contributed by atoms with Gasteiger partial charge in [-0.3, -0.25) is 24.0 Å². The van der Waals surface area contributed by atoms with Gasteiger partial charge < -0.3 is 37.5 Å². The maximum absolute atomic E-state index is 13.1. The number of aromatic nitrogens is 1. The topological polar surface area (TPSA) is 209 Å². The number of carbonyl (C=O) groups excluding carboxylic acids is 4. The molecule has 216 valence electrons. The largest absolute Gasteiger partial charge is 0.481 e. The van der Waals surface area contributed by atoms with E-state index in [-0.39, 0.29) is 31.2 Å². The molecular weight excluding hydrogens is 548 g/mol. The molecule has 12 nitrogen and oxygen atoms in total. The minimum atomic E-state index is -1.49. The summed E-state index contributed by atoms with van der Waals surface area (Å²) in [5.41, 5.74) is 13.2. The van der Waals surface area contributed by atoms with E-state index in [1.807, 2.05) is 30.5 Å². The molecule has 4 atom stereocenters. The third-order valence-electron chi connectivity index (χ3n) is 5.98. The first-order valence-corrected chi connectivity index (χ1v) is 13.6. The van der Waals surface area contributed by atoms with Crippen LogP contribution in [0.3, 0.4) is 0 Å². The van der Waals surface area contributed by atoms with Crippen LogP contribution >= 0.6 is 24.2 Å². The first-order chi connectivity index (χ1) is 17.9. The van der Waals surface area contributed by atoms with E-state index < -0.39 is 60.2 Å². The van der Waals surface area contributed by atoms with Crippen molar-refractivity contribution in [2.45, 2.75) is 57.3 Å². The number of fused-ring (bicyclic) bond motifs is 1. The molecule has 0 unspecified atom stereocenters. The molecule has 0 aliphatic rings. The number of rotatable bonds is 15. The van der Waals surface area contributed by atoms with Gasteiger partial charge >= 0.3 is 5.97 Å². The number of para-hydroxylation sites is 1. The summed E-state index contributed by atoms with van der Waals surface area (Å²) in [4.78, 5) is 65.0. The van der Waals surface area contributed by atoms with E-state index >= 15 is 0 Å². The van der Waals surface area contributed by atoms with Gasteiger partial charge in [0.15, 0.2) is 0 Å². The number of carbonyl (C=O) groups is 5. The van der Waals surface area contributed by atoms with Crippen LogP contribution < -0.4 is 27.4 Å². The number of hydrogen-bond acceptors (Lipinski definition) is 7. The van der Waals surface area contributed by atoms with Crippen LogP contribution in [-0.4, -0.2) is 75.9 Å². The second-order valence-electron chi connectivity index (χ2n) is 9.30. The first-order valence-electron chi connectivity index (χ1n) is 12.2. The molecule has 2 aromatic rings. The van der Waals surface area contributed by atoms with Crippen LogP contribution in [0, 0.1) is 5.92 Å². The van der Waals surface area contributed by atoms with Crippen molar-refractivity contribution in [2.24, 2.45) is 17.4 Å². The Labute approximate surface area is 237 Å². The van der Waals surface area contributed by atoms with Crippen molar-refractivity contribution in [2.75, 3.05) is 12.0 Å². The van der Waals surface area contributed by atoms with E-state index in [1.54, 1.807) is 20.0 Å². The highest BCUT2D eigenvalue weighted by molar-refractivity contribution is 7.98. The number of halogens is 1. The summed E-state index contributed by atoms with van der Waals surface area (Å²) in [5, 5.41) is 17.7. The van der Waals surface area contributed by atoms with Crippen LogP contribution in [0.5, 0.6) is 0 Å². The normalized spacial score (nSPS) is 14.0. The third kappa shape index (κ3) is 10.1. The number of nitrogens with one attached hydrogen (secondary N) is 4. The van der Waals surface area contributed by atoms with Crippen molar-refractivity contribution in [3.63, 3.8) is 0 Å². The van der Waals surface area contributed by atoms with E-state index in [0.717, 1.165) is 16.5 Å². The number of nitrogens with two attached hydrogens (primary N) is 2. The monoisotopic (exact) mass is 584 g/mol. The number of thioether (sulfide) groups is 1. The molecule has 0 bridgehead atoms. The van der Waals surface area contributed by atoms with Crippen LogP contribution in [0.1, 0.15) is 32.3 Å². The van der Waals surface area contributed by atoms with E-state index in [1.165, 1.54) is 11.8 Å². The number of carboxylic acids is 1. The highest BCUT2D eigenvalue weighted by Gasteiger charge is 2.32. The van der Waals surface area contributed by atoms with E-state index in [0.29, 0.717) is 5.75 Å². The fourth-order valence-electron chi connectivity index (χ4n) is 3.89. The lowest BCUT2D eigenvalue weighted by Crippen LogP contribution is -2.58. The summed E-state index contributed by atoms with van der Waals surface area (Å²) in [6.07, 6.45) is 3.32. The smallest absolute Gasteiger partial charge is 0.305 e. The lowest BCUT2D eigenvalue weighted by Gasteiger charge is -2.25. The number of amides is 4. The number of primary amides is 1. The molecule has 0 spiro atoms. The van der Waals surface area contributed by atoms with Crippen LogP contribution in [-0.2, 0) is 30.4 Å². The fraction of sp³-hybridized carbons (Fsp3) is 0.480. The van der Waals surface area contributed by atoms with Gasteiger partial charge in [-0.15, -0.1) is 12.4 Å². The zero-order chi connectivity index (χ0) is 28.4. The summed E-state index contributed by atoms with van der Waals surface area (Å²) in [6.45, 7) is 3.32. The van der Waals surface area contributed by atoms with Crippen molar-refractivity contribution in [3.05, 3.63) is 36.0 Å². The highest BCUT2D eigenvalue weighted by Crippen LogP contribution is 2.19. The average molecular weight is 585 g/mol. The Kier molecular flexibility index (Phi) is 13.8. The summed E-state index contributed by atoms with van der Waals surface area (Å²) in [5.74, 6) is -4.16. The quantitative estimate of drug-likeness (QED) is 0.154. The maximum Gasteiger partial charge on any atom is 0.305 e. The van der Waals surface area contributed by atoms with Crippen molar-refractivity contribution in [1.82, 2.24) is 20.9 Å². The summed E-state index contributed by atoms with van der Waals surface area (Å²) >= 11 is 1.45. The molecule has 1 heterocycles. The number of benzene rings is 1. The standard InChI is InChI=1S/C25H36N6O6S.ClH/c1-13(2)21(22(27)34)31-25(37)19(11-20(32)33)30-24(36)18(8-9-38-3)29-23(35)16(26)10-14-12-28-17-7-5-4-6-15(14)17;/h4-7,12-13,16,18-19,21,28H,8-11,26H2,1-3H3,(H2,27,34)(H,29,35)(H,30,36)(H,31,37)(H,32,33);1H/t16-,18-,19-,21+;/m0./s1. The van der Waals surface area contributed by atoms with Crippen LogP contribution in [0.4, 0.5) is 0 Å². The highest BCUT2D eigenvalue weighted by atomic mass is 35.5. The minimum absolute atomic E-state index is 0. The van der Waals surface area contributed by atoms with Crippen LogP contribution in [0.25, 0.3) is 10.9 Å². The predicted molar refractivity (Wildman–Crippen MR) is 152 cm³/mol. The first kappa shape index (κ1) is 33.7. The molecule has 1 aromatic heterocycles. The Morgan fingerprint density at radius 3 is 2.21 bits per heavy atom. The van der Waals surface area contributed by atoms with Gasteiger partial charge in [-0.05, 0) is 42.4 Å². The van der Waals surface area contributed by atoms with Crippen molar-refractivity contribution in [3.8, 4) is 0 Å². The zero-order valence-corrected chi connectivity index (χ0v) is 23.7. The number of H-pyrrole nitrogens is 1. The lowest BCUT2D eigenvalue weighted by atomic mass is 10.0. The number of carboxylic acid groups (broad SMARTS) is 1. The van der Waals surface area contributed by atoms with Gasteiger partial charge in [0.05, 0.1) is 12.5 Å². The lowest BCUT2D eigenvalue weighted by molar-refractivity contribution is -0.141. The zero-order valence-electron chi connectivity index (χ0n) is 22.1. The van der Waals surface area contributed by atoms with Crippen molar-refractivity contribution >= 4 is 64.7 Å². The molecular formula is C25H37ClN6O6S. The van der Waals surface area contributed by atoms with Crippen LogP contribution in [0.2, 0.25) is 0 Å². The number of aliphatic carboxylic acids is 1. The molecule has 4 amide bonds. The molecule has 0 radical (unpaired) electrons. The Morgan fingerprint density at radius 2 is 1.62 bits per heavy atom. The van der Waals surface area contributed by atoms with E-state index in [9.17, 15) is 29.1 Å². The SMILES string of the molecule is CSCC[C@H](NC(=O)[C@@H](N)Cc1c[nH]c2ccccc12)C(=O)N[C@@H](CC(=O)O)C(=O)N[C@@H](C(N)=O)C(C)C.Cl. The third-order valence-corrected chi connectivity index (χ3v) is 6.62. The number of hydrogen-bond donors (Lipinski definition) is 7. The Hall–Kier alpha value is -3.29. The van der Waals surface area contributed by atoms with Crippen molar-refractivity contribution in [1.29, 1.82) is 0 Å². The molecule has 0 saturated heterocycles. The second-order valence-corrected chi connectivity index (χ2v) is 10.3. The molecule has 14 heteroatoms. The summed E-state index contributed by atoms with van der Waals surface area (Å²) in [7, 11) is 0. The minimum Gasteiger partial charge on any atom is -0.481 e. The van der Waals surface area contributed by atoms with Gasteiger partial charge in [0, 0.05) is 17.1 Å². The molecule has 9 N–H and O–H groups in total. The average Bonchev–Trinajstić information content (AvgIpc) is 3.26. The predicted octanol–water partition coefficient (Wildman–Crippen LogP) is 0.283. The molecule has 0 saturated carbocycles. The fourth-order valence-corrected chi connectivity index (χ4v) is 4.36. The summed E-state index contributed by atoms with van der Waals surface area (Å²) < 4.78 is 0.